The number of nitrogens with zero attached hydrogens (tertiary/aromatic N) is 2. The molecule has 0 bridgehead atoms. The second-order valence-corrected chi connectivity index (χ2v) is 14.6. The first-order valence-corrected chi connectivity index (χ1v) is 17.6. The molecule has 1 heterocycles. The van der Waals surface area contributed by atoms with Crippen LogP contribution >= 0.6 is 0 Å². The Bertz CT molecular complexity index is 1600. The van der Waals surface area contributed by atoms with Crippen molar-refractivity contribution in [2.75, 3.05) is 38.0 Å². The maximum Gasteiger partial charge on any atom is 0.233 e. The number of aromatic hydroxyl groups is 1. The van der Waals surface area contributed by atoms with Crippen molar-refractivity contribution in [3.63, 3.8) is 0 Å². The molecule has 5 N–H and O–H groups in total. The lowest BCUT2D eigenvalue weighted by atomic mass is 9.77. The summed E-state index contributed by atoms with van der Waals surface area (Å²) in [5.41, 5.74) is 1.80. The first-order chi connectivity index (χ1) is 22.3. The van der Waals surface area contributed by atoms with Crippen LogP contribution in [-0.2, 0) is 27.7 Å². The number of carbonyl (C=O) groups excluding carboxylic acids is 1. The fourth-order valence-corrected chi connectivity index (χ4v) is 6.36. The standard InChI is InChI=1S/C35H45FN2O8S/c1-37(47(2,45)46)20-4-3-5-24-6-13-28(14-7-24)38-33(29-15-8-25(21-32(29)42)18-19-35(44,22-39)23-40)30(34(38)43)16-17-31(41)26-9-11-27(36)12-10-26/h6-15,21,30-31,33,39-42,44H,3-5,16-20,22-23H2,1-2H3/t30-,31+,33-/m1/s1. The lowest BCUT2D eigenvalue weighted by Crippen LogP contribution is -2.55. The van der Waals surface area contributed by atoms with Crippen molar-refractivity contribution in [1.82, 2.24) is 4.31 Å². The topological polar surface area (TPSA) is 159 Å². The molecule has 0 aliphatic carbocycles. The van der Waals surface area contributed by atoms with Gasteiger partial charge >= 0.3 is 0 Å². The van der Waals surface area contributed by atoms with Crippen LogP contribution in [0, 0.1) is 11.7 Å². The van der Waals surface area contributed by atoms with Gasteiger partial charge in [0, 0.05) is 24.8 Å². The van der Waals surface area contributed by atoms with Gasteiger partial charge in [-0.25, -0.2) is 17.1 Å². The zero-order valence-corrected chi connectivity index (χ0v) is 27.6. The SMILES string of the molecule is CN(CCCCc1ccc(N2C(=O)[C@H](CC[C@H](O)c3ccc(F)cc3)[C@H]2c2ccc(CCC(O)(CO)CO)cc2O)cc1)S(C)(=O)=O. The third-order valence-electron chi connectivity index (χ3n) is 9.07. The molecule has 10 nitrogen and oxygen atoms in total. The summed E-state index contributed by atoms with van der Waals surface area (Å²) in [6, 6.07) is 17.7. The highest BCUT2D eigenvalue weighted by molar-refractivity contribution is 7.88. The zero-order chi connectivity index (χ0) is 34.4. The molecule has 0 radical (unpaired) electrons. The van der Waals surface area contributed by atoms with Crippen LogP contribution in [0.1, 0.15) is 66.5 Å². The van der Waals surface area contributed by atoms with Gasteiger partial charge in [-0.05, 0) is 92.0 Å². The van der Waals surface area contributed by atoms with Crippen LogP contribution in [0.2, 0.25) is 0 Å². The van der Waals surface area contributed by atoms with E-state index in [9.17, 15) is 43.1 Å². The van der Waals surface area contributed by atoms with Gasteiger partial charge in [0.15, 0.2) is 0 Å². The van der Waals surface area contributed by atoms with Crippen LogP contribution < -0.4 is 4.90 Å². The molecule has 0 spiro atoms. The van der Waals surface area contributed by atoms with Gasteiger partial charge in [0.2, 0.25) is 15.9 Å². The summed E-state index contributed by atoms with van der Waals surface area (Å²) >= 11 is 0. The Hall–Kier alpha value is -3.39. The van der Waals surface area contributed by atoms with Crippen molar-refractivity contribution < 1.29 is 43.1 Å². The average molecular weight is 673 g/mol. The predicted octanol–water partition coefficient (Wildman–Crippen LogP) is 3.61. The number of hydrogen-bond donors (Lipinski definition) is 5. The number of phenols is 1. The monoisotopic (exact) mass is 672 g/mol. The number of unbranched alkanes of at least 4 members (excludes halogenated alkanes) is 1. The smallest absolute Gasteiger partial charge is 0.233 e. The molecule has 1 aliphatic rings. The number of sulfonamides is 1. The van der Waals surface area contributed by atoms with Gasteiger partial charge in [-0.2, -0.15) is 0 Å². The van der Waals surface area contributed by atoms with Gasteiger partial charge in [0.1, 0.15) is 17.2 Å². The molecule has 3 atom stereocenters. The van der Waals surface area contributed by atoms with Crippen LogP contribution in [0.25, 0.3) is 0 Å². The maximum atomic E-state index is 13.6. The van der Waals surface area contributed by atoms with Gasteiger partial charge in [0.25, 0.3) is 0 Å². The van der Waals surface area contributed by atoms with Crippen molar-refractivity contribution in [2.45, 2.75) is 62.7 Å². The number of anilines is 1. The number of carbonyl (C=O) groups is 1. The van der Waals surface area contributed by atoms with Crippen molar-refractivity contribution in [3.8, 4) is 5.75 Å². The Kier molecular flexibility index (Phi) is 12.2. The van der Waals surface area contributed by atoms with E-state index in [0.717, 1.165) is 18.4 Å². The Morgan fingerprint density at radius 3 is 2.19 bits per heavy atom. The van der Waals surface area contributed by atoms with E-state index in [0.29, 0.717) is 41.8 Å². The van der Waals surface area contributed by atoms with Gasteiger partial charge in [0.05, 0.1) is 37.5 Å². The highest BCUT2D eigenvalue weighted by Gasteiger charge is 2.49. The van der Waals surface area contributed by atoms with Crippen molar-refractivity contribution in [3.05, 3.63) is 94.8 Å². The number of hydrogen-bond acceptors (Lipinski definition) is 8. The number of phenolic OH excluding ortho intramolecular Hbond substituents is 1. The molecule has 3 aromatic carbocycles. The average Bonchev–Trinajstić information content (AvgIpc) is 3.05. The number of amides is 1. The molecule has 1 saturated heterocycles. The molecule has 3 aromatic rings. The Balaban J connectivity index is 1.51. The molecule has 0 saturated carbocycles. The molecule has 47 heavy (non-hydrogen) atoms. The van der Waals surface area contributed by atoms with E-state index in [1.165, 1.54) is 34.8 Å². The highest BCUT2D eigenvalue weighted by atomic mass is 32.2. The van der Waals surface area contributed by atoms with Crippen molar-refractivity contribution >= 4 is 21.6 Å². The van der Waals surface area contributed by atoms with Crippen LogP contribution in [0.15, 0.2) is 66.7 Å². The molecular weight excluding hydrogens is 627 g/mol. The fraction of sp³-hybridized carbons (Fsp3) is 0.457. The summed E-state index contributed by atoms with van der Waals surface area (Å²) in [6.45, 7) is -0.765. The summed E-state index contributed by atoms with van der Waals surface area (Å²) in [4.78, 5) is 15.3. The minimum atomic E-state index is -3.22. The number of aliphatic hydroxyl groups is 4. The molecule has 1 fully saturated rings. The van der Waals surface area contributed by atoms with E-state index in [4.69, 9.17) is 0 Å². The van der Waals surface area contributed by atoms with Crippen molar-refractivity contribution in [1.29, 1.82) is 0 Å². The second-order valence-electron chi connectivity index (χ2n) is 12.5. The normalized spacial score (nSPS) is 17.6. The number of halogens is 1. The first kappa shape index (κ1) is 36.4. The van der Waals surface area contributed by atoms with Gasteiger partial charge in [-0.1, -0.05) is 36.4 Å². The summed E-state index contributed by atoms with van der Waals surface area (Å²) < 4.78 is 37.9. The Morgan fingerprint density at radius 2 is 1.60 bits per heavy atom. The van der Waals surface area contributed by atoms with E-state index in [1.54, 1.807) is 30.1 Å². The quantitative estimate of drug-likeness (QED) is 0.108. The highest BCUT2D eigenvalue weighted by Crippen LogP contribution is 2.48. The molecule has 4 rings (SSSR count). The molecule has 256 valence electrons. The van der Waals surface area contributed by atoms with E-state index < -0.39 is 52.7 Å². The summed E-state index contributed by atoms with van der Waals surface area (Å²) in [5.74, 6) is -1.14. The van der Waals surface area contributed by atoms with Crippen LogP contribution in [-0.4, -0.2) is 82.8 Å². The number of benzene rings is 3. The number of aliphatic hydroxyl groups excluding tert-OH is 3. The molecule has 1 amide bonds. The molecule has 0 aromatic heterocycles. The third-order valence-corrected chi connectivity index (χ3v) is 10.4. The van der Waals surface area contributed by atoms with Crippen LogP contribution in [0.4, 0.5) is 10.1 Å². The van der Waals surface area contributed by atoms with E-state index >= 15 is 0 Å². The molecular formula is C35H45FN2O8S. The lowest BCUT2D eigenvalue weighted by Gasteiger charge is -2.48. The van der Waals surface area contributed by atoms with Crippen molar-refractivity contribution in [2.24, 2.45) is 5.92 Å². The minimum absolute atomic E-state index is 0.0405. The zero-order valence-electron chi connectivity index (χ0n) is 26.8. The number of β-lactam (4-membered cyclic amide) rings is 1. The number of aryl methyl sites for hydroxylation is 2. The summed E-state index contributed by atoms with van der Waals surface area (Å²) in [6.07, 6.45) is 3.45. The summed E-state index contributed by atoms with van der Waals surface area (Å²) in [5, 5.41) is 51.0. The van der Waals surface area contributed by atoms with Gasteiger partial charge < -0.3 is 30.4 Å². The third kappa shape index (κ3) is 9.16. The van der Waals surface area contributed by atoms with Crippen LogP contribution in [0.5, 0.6) is 5.75 Å². The molecule has 12 heteroatoms. The van der Waals surface area contributed by atoms with E-state index in [-0.39, 0.29) is 30.9 Å². The Labute approximate surface area is 275 Å². The Morgan fingerprint density at radius 1 is 0.957 bits per heavy atom. The summed E-state index contributed by atoms with van der Waals surface area (Å²) in [7, 11) is -1.66. The fourth-order valence-electron chi connectivity index (χ4n) is 5.90. The molecule has 0 unspecified atom stereocenters. The largest absolute Gasteiger partial charge is 0.508 e. The van der Waals surface area contributed by atoms with Gasteiger partial charge in [-0.15, -0.1) is 0 Å². The first-order valence-electron chi connectivity index (χ1n) is 15.8. The number of rotatable bonds is 17. The van der Waals surface area contributed by atoms with E-state index in [2.05, 4.69) is 0 Å². The molecule has 1 aliphatic heterocycles. The predicted molar refractivity (Wildman–Crippen MR) is 177 cm³/mol. The van der Waals surface area contributed by atoms with Crippen LogP contribution in [0.3, 0.4) is 0 Å². The maximum absolute atomic E-state index is 13.6. The second kappa shape index (κ2) is 15.7. The van der Waals surface area contributed by atoms with Gasteiger partial charge in [-0.3, -0.25) is 4.79 Å². The minimum Gasteiger partial charge on any atom is -0.508 e. The van der Waals surface area contributed by atoms with E-state index in [1.807, 2.05) is 24.3 Å². The lowest BCUT2D eigenvalue weighted by molar-refractivity contribution is -0.131.